The highest BCUT2D eigenvalue weighted by Crippen LogP contribution is 2.37. The highest BCUT2D eigenvalue weighted by atomic mass is 32.2. The number of hydrogen-bond acceptors (Lipinski definition) is 4. The number of aryl methyl sites for hydroxylation is 2. The molecule has 2 amide bonds. The molecule has 132 valence electrons. The monoisotopic (exact) mass is 358 g/mol. The van der Waals surface area contributed by atoms with Gasteiger partial charge in [0.15, 0.2) is 5.16 Å². The van der Waals surface area contributed by atoms with Crippen molar-refractivity contribution in [1.29, 1.82) is 0 Å². The van der Waals surface area contributed by atoms with E-state index in [1.54, 1.807) is 6.20 Å². The van der Waals surface area contributed by atoms with Crippen LogP contribution in [0.5, 0.6) is 0 Å². The van der Waals surface area contributed by atoms with Crippen LogP contribution in [0.25, 0.3) is 0 Å². The minimum Gasteiger partial charge on any atom is -0.346 e. The first-order valence-electron chi connectivity index (χ1n) is 8.33. The predicted molar refractivity (Wildman–Crippen MR) is 98.8 cm³/mol. The molecule has 1 heterocycles. The Labute approximate surface area is 151 Å². The van der Waals surface area contributed by atoms with Crippen LogP contribution in [0.2, 0.25) is 0 Å². The van der Waals surface area contributed by atoms with E-state index >= 15 is 0 Å². The van der Waals surface area contributed by atoms with Crippen LogP contribution in [0, 0.1) is 13.8 Å². The third-order valence-electron chi connectivity index (χ3n) is 4.10. The number of thioether (sulfide) groups is 1. The Balaban J connectivity index is 1.44. The van der Waals surface area contributed by atoms with Gasteiger partial charge in [-0.05, 0) is 37.8 Å². The molecule has 3 rings (SSSR count). The molecule has 0 aliphatic heterocycles. The fraction of sp³-hybridized carbons (Fsp3) is 0.389. The van der Waals surface area contributed by atoms with Crippen molar-refractivity contribution < 1.29 is 9.59 Å². The summed E-state index contributed by atoms with van der Waals surface area (Å²) in [6, 6.07) is 6.38. The first-order chi connectivity index (χ1) is 12.0. The van der Waals surface area contributed by atoms with Crippen LogP contribution in [-0.4, -0.2) is 33.7 Å². The van der Waals surface area contributed by atoms with Crippen molar-refractivity contribution in [3.8, 4) is 0 Å². The largest absolute Gasteiger partial charge is 0.346 e. The molecule has 1 aliphatic carbocycles. The Bertz CT molecular complexity index is 763. The normalized spacial score (nSPS) is 13.5. The second kappa shape index (κ2) is 7.74. The number of hydrogen-bond donors (Lipinski definition) is 2. The lowest BCUT2D eigenvalue weighted by Crippen LogP contribution is -2.34. The van der Waals surface area contributed by atoms with E-state index in [1.165, 1.54) is 24.6 Å². The lowest BCUT2D eigenvalue weighted by atomic mass is 10.1. The van der Waals surface area contributed by atoms with E-state index in [-0.39, 0.29) is 24.1 Å². The summed E-state index contributed by atoms with van der Waals surface area (Å²) in [5, 5.41) is 6.38. The lowest BCUT2D eigenvalue weighted by molar-refractivity contribution is -0.122. The van der Waals surface area contributed by atoms with Crippen molar-refractivity contribution in [2.75, 3.05) is 17.6 Å². The first-order valence-corrected chi connectivity index (χ1v) is 9.31. The number of aromatic nitrogens is 2. The number of amides is 2. The fourth-order valence-corrected chi connectivity index (χ4v) is 3.45. The number of rotatable bonds is 7. The van der Waals surface area contributed by atoms with Crippen LogP contribution in [-0.2, 0) is 9.59 Å². The van der Waals surface area contributed by atoms with Crippen molar-refractivity contribution in [2.24, 2.45) is 0 Å². The second-order valence-electron chi connectivity index (χ2n) is 6.23. The van der Waals surface area contributed by atoms with Crippen LogP contribution < -0.4 is 10.6 Å². The Kier molecular flexibility index (Phi) is 5.43. The van der Waals surface area contributed by atoms with Crippen molar-refractivity contribution in [2.45, 2.75) is 37.9 Å². The maximum absolute atomic E-state index is 12.1. The zero-order chi connectivity index (χ0) is 17.8. The summed E-state index contributed by atoms with van der Waals surface area (Å²) in [7, 11) is 0. The summed E-state index contributed by atoms with van der Waals surface area (Å²) >= 11 is 1.40. The Morgan fingerprint density at radius 1 is 1.24 bits per heavy atom. The van der Waals surface area contributed by atoms with Gasteiger partial charge in [0.2, 0.25) is 11.8 Å². The van der Waals surface area contributed by atoms with Crippen molar-refractivity contribution in [3.63, 3.8) is 0 Å². The molecule has 1 aliphatic rings. The number of imidazole rings is 1. The third-order valence-corrected chi connectivity index (χ3v) is 5.08. The van der Waals surface area contributed by atoms with Crippen LogP contribution >= 0.6 is 11.8 Å². The quantitative estimate of drug-likeness (QED) is 0.746. The number of nitrogens with one attached hydrogen (secondary N) is 2. The number of para-hydroxylation sites is 1. The summed E-state index contributed by atoms with van der Waals surface area (Å²) in [5.74, 6) is -0.150. The molecule has 0 radical (unpaired) electrons. The highest BCUT2D eigenvalue weighted by molar-refractivity contribution is 7.99. The van der Waals surface area contributed by atoms with Crippen molar-refractivity contribution in [1.82, 2.24) is 14.9 Å². The van der Waals surface area contributed by atoms with E-state index < -0.39 is 0 Å². The molecule has 0 spiro atoms. The van der Waals surface area contributed by atoms with Crippen molar-refractivity contribution >= 4 is 29.3 Å². The van der Waals surface area contributed by atoms with Crippen molar-refractivity contribution in [3.05, 3.63) is 41.7 Å². The van der Waals surface area contributed by atoms with E-state index in [4.69, 9.17) is 0 Å². The van der Waals surface area contributed by atoms with Gasteiger partial charge in [0.05, 0.1) is 12.3 Å². The summed E-state index contributed by atoms with van der Waals surface area (Å²) < 4.78 is 2.12. The number of carbonyl (C=O) groups is 2. The van der Waals surface area contributed by atoms with E-state index in [2.05, 4.69) is 20.2 Å². The van der Waals surface area contributed by atoms with E-state index in [0.717, 1.165) is 22.0 Å². The van der Waals surface area contributed by atoms with Crippen LogP contribution in [0.1, 0.15) is 30.0 Å². The van der Waals surface area contributed by atoms with Gasteiger partial charge in [0.25, 0.3) is 0 Å². The highest BCUT2D eigenvalue weighted by Gasteiger charge is 2.25. The molecule has 6 nitrogen and oxygen atoms in total. The molecule has 1 saturated carbocycles. The summed E-state index contributed by atoms with van der Waals surface area (Å²) in [4.78, 5) is 28.3. The summed E-state index contributed by atoms with van der Waals surface area (Å²) in [6.45, 7) is 3.85. The molecule has 25 heavy (non-hydrogen) atoms. The molecule has 0 unspecified atom stereocenters. The molecule has 1 aromatic heterocycles. The average molecular weight is 358 g/mol. The van der Waals surface area contributed by atoms with Crippen LogP contribution in [0.4, 0.5) is 5.69 Å². The molecule has 1 fully saturated rings. The van der Waals surface area contributed by atoms with Gasteiger partial charge in [-0.15, -0.1) is 0 Å². The first kappa shape index (κ1) is 17.5. The summed E-state index contributed by atoms with van der Waals surface area (Å²) in [6.07, 6.45) is 6.07. The second-order valence-corrected chi connectivity index (χ2v) is 7.17. The van der Waals surface area contributed by atoms with E-state index in [0.29, 0.717) is 6.04 Å². The zero-order valence-electron chi connectivity index (χ0n) is 14.4. The Hall–Kier alpha value is -2.28. The average Bonchev–Trinajstić information content (AvgIpc) is 3.32. The number of benzene rings is 1. The van der Waals surface area contributed by atoms with Gasteiger partial charge in [0, 0.05) is 24.1 Å². The van der Waals surface area contributed by atoms with Crippen LogP contribution in [0.3, 0.4) is 0 Å². The molecule has 0 atom stereocenters. The molecular weight excluding hydrogens is 336 g/mol. The lowest BCUT2D eigenvalue weighted by Gasteiger charge is -2.12. The minimum absolute atomic E-state index is 0.0375. The minimum atomic E-state index is -0.227. The van der Waals surface area contributed by atoms with Gasteiger partial charge in [0.1, 0.15) is 0 Å². The molecular formula is C18H22N4O2S. The molecule has 7 heteroatoms. The SMILES string of the molecule is Cc1cccc(C)c1NC(=O)CNC(=O)CSc1nccn1C1CC1. The molecule has 2 aromatic rings. The third kappa shape index (κ3) is 4.63. The number of carbonyl (C=O) groups excluding carboxylic acids is 2. The van der Waals surface area contributed by atoms with Gasteiger partial charge in [-0.1, -0.05) is 30.0 Å². The zero-order valence-corrected chi connectivity index (χ0v) is 15.2. The summed E-state index contributed by atoms with van der Waals surface area (Å²) in [5.41, 5.74) is 2.81. The topological polar surface area (TPSA) is 76.0 Å². The number of anilines is 1. The molecule has 0 bridgehead atoms. The van der Waals surface area contributed by atoms with Crippen LogP contribution in [0.15, 0.2) is 35.7 Å². The van der Waals surface area contributed by atoms with Gasteiger partial charge in [-0.2, -0.15) is 0 Å². The Morgan fingerprint density at radius 3 is 2.64 bits per heavy atom. The predicted octanol–water partition coefficient (Wildman–Crippen LogP) is 2.68. The molecule has 2 N–H and O–H groups in total. The van der Waals surface area contributed by atoms with Gasteiger partial charge >= 0.3 is 0 Å². The molecule has 0 saturated heterocycles. The number of nitrogens with zero attached hydrogens (tertiary/aromatic N) is 2. The van der Waals surface area contributed by atoms with E-state index in [9.17, 15) is 9.59 Å². The van der Waals surface area contributed by atoms with Gasteiger partial charge < -0.3 is 15.2 Å². The Morgan fingerprint density at radius 2 is 1.96 bits per heavy atom. The standard InChI is InChI=1S/C18H22N4O2S/c1-12-4-3-5-13(2)17(12)21-15(23)10-20-16(24)11-25-18-19-8-9-22(18)14-6-7-14/h3-5,8-9,14H,6-7,10-11H2,1-2H3,(H,20,24)(H,21,23). The smallest absolute Gasteiger partial charge is 0.243 e. The fourth-order valence-electron chi connectivity index (χ4n) is 2.60. The van der Waals surface area contributed by atoms with Gasteiger partial charge in [-0.3, -0.25) is 9.59 Å². The molecule has 1 aromatic carbocycles. The van der Waals surface area contributed by atoms with E-state index in [1.807, 2.05) is 38.2 Å². The maximum atomic E-state index is 12.1. The maximum Gasteiger partial charge on any atom is 0.243 e. The van der Waals surface area contributed by atoms with Gasteiger partial charge in [-0.25, -0.2) is 4.98 Å².